The molecule has 1 aromatic heterocycles. The molecule has 2 aromatic rings. The molecule has 2 rings (SSSR count). The summed E-state index contributed by atoms with van der Waals surface area (Å²) in [5, 5.41) is 9.34. The number of hydrogen-bond acceptors (Lipinski definition) is 3. The van der Waals surface area contributed by atoms with Crippen molar-refractivity contribution in [2.24, 2.45) is 5.73 Å². The number of aliphatic hydroxyl groups excluding tert-OH is 1. The van der Waals surface area contributed by atoms with Crippen LogP contribution in [0.1, 0.15) is 36.8 Å². The minimum atomic E-state index is -0.388. The van der Waals surface area contributed by atoms with E-state index in [-0.39, 0.29) is 12.5 Å². The topological polar surface area (TPSA) is 63.3 Å². The number of nitrogens with two attached hydrogens (primary N) is 1. The summed E-state index contributed by atoms with van der Waals surface area (Å²) in [6, 6.07) is 4.18. The van der Waals surface area contributed by atoms with Crippen molar-refractivity contribution >= 4 is 17.2 Å². The van der Waals surface area contributed by atoms with Gasteiger partial charge in [-0.25, -0.2) is 0 Å². The molecule has 0 bridgehead atoms. The second kappa shape index (κ2) is 6.00. The molecule has 3 N–H and O–H groups in total. The van der Waals surface area contributed by atoms with E-state index in [1.807, 2.05) is 27.7 Å². The number of benzene rings is 1. The lowest BCUT2D eigenvalue weighted by atomic mass is 9.89. The van der Waals surface area contributed by atoms with E-state index in [1.165, 1.54) is 11.3 Å². The number of thiophene rings is 1. The van der Waals surface area contributed by atoms with Crippen LogP contribution in [-0.4, -0.2) is 17.6 Å². The summed E-state index contributed by atoms with van der Waals surface area (Å²) in [5.41, 5.74) is 12.0. The summed E-state index contributed by atoms with van der Waals surface area (Å²) in [6.45, 7) is 8.20. The SMILES string of the molecule is Cc1cc(C)c(-c2c(C(N)=O)sc(C)c2C)c(CCO)c1. The molecule has 3 nitrogen and oxygen atoms in total. The number of aryl methyl sites for hydroxylation is 3. The van der Waals surface area contributed by atoms with E-state index in [1.54, 1.807) is 0 Å². The van der Waals surface area contributed by atoms with Crippen LogP contribution in [0, 0.1) is 27.7 Å². The molecule has 0 aliphatic carbocycles. The molecule has 0 spiro atoms. The normalized spacial score (nSPS) is 10.9. The molecule has 21 heavy (non-hydrogen) atoms. The maximum atomic E-state index is 11.8. The maximum Gasteiger partial charge on any atom is 0.259 e. The molecule has 1 aromatic carbocycles. The highest BCUT2D eigenvalue weighted by Gasteiger charge is 2.21. The smallest absolute Gasteiger partial charge is 0.259 e. The number of rotatable bonds is 4. The van der Waals surface area contributed by atoms with Gasteiger partial charge in [0.2, 0.25) is 0 Å². The third-order valence-electron chi connectivity index (χ3n) is 3.80. The predicted octanol–water partition coefficient (Wildman–Crippen LogP) is 3.28. The van der Waals surface area contributed by atoms with Gasteiger partial charge in [0.15, 0.2) is 0 Å². The Morgan fingerprint density at radius 2 is 1.86 bits per heavy atom. The Hall–Kier alpha value is -1.65. The monoisotopic (exact) mass is 303 g/mol. The van der Waals surface area contributed by atoms with Gasteiger partial charge in [0.05, 0.1) is 4.88 Å². The van der Waals surface area contributed by atoms with Crippen LogP contribution >= 0.6 is 11.3 Å². The van der Waals surface area contributed by atoms with Crippen molar-refractivity contribution in [1.82, 2.24) is 0 Å². The first kappa shape index (κ1) is 15.7. The average Bonchev–Trinajstić information content (AvgIpc) is 2.67. The van der Waals surface area contributed by atoms with Crippen LogP contribution in [-0.2, 0) is 6.42 Å². The molecule has 0 fully saturated rings. The Balaban J connectivity index is 2.81. The summed E-state index contributed by atoms with van der Waals surface area (Å²) in [4.78, 5) is 13.5. The summed E-state index contributed by atoms with van der Waals surface area (Å²) in [7, 11) is 0. The second-order valence-electron chi connectivity index (χ2n) is 5.44. The molecule has 0 atom stereocenters. The van der Waals surface area contributed by atoms with Crippen LogP contribution in [0.4, 0.5) is 0 Å². The molecule has 0 saturated carbocycles. The summed E-state index contributed by atoms with van der Waals surface area (Å²) >= 11 is 1.45. The quantitative estimate of drug-likeness (QED) is 0.910. The molecule has 0 aliphatic heterocycles. The zero-order chi connectivity index (χ0) is 15.7. The minimum Gasteiger partial charge on any atom is -0.396 e. The first-order valence-corrected chi connectivity index (χ1v) is 7.79. The van der Waals surface area contributed by atoms with Crippen LogP contribution in [0.5, 0.6) is 0 Å². The van der Waals surface area contributed by atoms with Crippen LogP contribution in [0.25, 0.3) is 11.1 Å². The molecule has 4 heteroatoms. The van der Waals surface area contributed by atoms with E-state index in [9.17, 15) is 9.90 Å². The largest absolute Gasteiger partial charge is 0.396 e. The molecular formula is C17H21NO2S. The molecule has 112 valence electrons. The van der Waals surface area contributed by atoms with Gasteiger partial charge >= 0.3 is 0 Å². The second-order valence-corrected chi connectivity index (χ2v) is 6.67. The fourth-order valence-corrected chi connectivity index (χ4v) is 3.85. The van der Waals surface area contributed by atoms with Gasteiger partial charge in [-0.15, -0.1) is 11.3 Å². The number of hydrogen-bond donors (Lipinski definition) is 2. The Morgan fingerprint density at radius 3 is 2.43 bits per heavy atom. The van der Waals surface area contributed by atoms with Gasteiger partial charge in [-0.2, -0.15) is 0 Å². The minimum absolute atomic E-state index is 0.0873. The third-order valence-corrected chi connectivity index (χ3v) is 5.02. The molecule has 0 saturated heterocycles. The molecule has 1 heterocycles. The van der Waals surface area contributed by atoms with Gasteiger partial charge in [0, 0.05) is 17.0 Å². The van der Waals surface area contributed by atoms with Crippen molar-refractivity contribution in [2.45, 2.75) is 34.1 Å². The Bertz CT molecular complexity index is 701. The van der Waals surface area contributed by atoms with Gasteiger partial charge in [-0.1, -0.05) is 17.7 Å². The van der Waals surface area contributed by atoms with Crippen molar-refractivity contribution in [1.29, 1.82) is 0 Å². The Kier molecular flexibility index (Phi) is 4.49. The highest BCUT2D eigenvalue weighted by atomic mass is 32.1. The lowest BCUT2D eigenvalue weighted by Gasteiger charge is -2.15. The summed E-state index contributed by atoms with van der Waals surface area (Å²) < 4.78 is 0. The first-order chi connectivity index (χ1) is 9.86. The van der Waals surface area contributed by atoms with Crippen molar-refractivity contribution < 1.29 is 9.90 Å². The van der Waals surface area contributed by atoms with Gasteiger partial charge in [-0.3, -0.25) is 4.79 Å². The van der Waals surface area contributed by atoms with Crippen LogP contribution in [0.2, 0.25) is 0 Å². The van der Waals surface area contributed by atoms with E-state index in [2.05, 4.69) is 12.1 Å². The van der Waals surface area contributed by atoms with E-state index in [0.717, 1.165) is 38.3 Å². The van der Waals surface area contributed by atoms with Crippen molar-refractivity contribution in [3.63, 3.8) is 0 Å². The summed E-state index contributed by atoms with van der Waals surface area (Å²) in [6.07, 6.45) is 0.574. The predicted molar refractivity (Wildman–Crippen MR) is 88.0 cm³/mol. The van der Waals surface area contributed by atoms with Crippen molar-refractivity contribution in [2.75, 3.05) is 6.61 Å². The lowest BCUT2D eigenvalue weighted by molar-refractivity contribution is 0.100. The fraction of sp³-hybridized carbons (Fsp3) is 0.353. The molecule has 1 amide bonds. The van der Waals surface area contributed by atoms with Crippen molar-refractivity contribution in [3.05, 3.63) is 44.1 Å². The lowest BCUT2D eigenvalue weighted by Crippen LogP contribution is -2.11. The van der Waals surface area contributed by atoms with Gasteiger partial charge < -0.3 is 10.8 Å². The zero-order valence-electron chi connectivity index (χ0n) is 12.9. The standard InChI is InChI=1S/C17H21NO2S/c1-9-7-10(2)14(13(8-9)5-6-19)15-11(3)12(4)21-16(15)17(18)20/h7-8,19H,5-6H2,1-4H3,(H2,18,20). The number of aliphatic hydroxyl groups is 1. The van der Waals surface area contributed by atoms with Gasteiger partial charge in [0.1, 0.15) is 0 Å². The van der Waals surface area contributed by atoms with E-state index < -0.39 is 0 Å². The first-order valence-electron chi connectivity index (χ1n) is 6.98. The Labute approximate surface area is 129 Å². The number of amides is 1. The van der Waals surface area contributed by atoms with E-state index in [0.29, 0.717) is 11.3 Å². The van der Waals surface area contributed by atoms with Gasteiger partial charge in [-0.05, 0) is 56.4 Å². The molecule has 0 unspecified atom stereocenters. The summed E-state index contributed by atoms with van der Waals surface area (Å²) in [5.74, 6) is -0.388. The van der Waals surface area contributed by atoms with E-state index in [4.69, 9.17) is 5.73 Å². The zero-order valence-corrected chi connectivity index (χ0v) is 13.7. The number of carbonyl (C=O) groups is 1. The van der Waals surface area contributed by atoms with Crippen LogP contribution in [0.15, 0.2) is 12.1 Å². The molecular weight excluding hydrogens is 282 g/mol. The van der Waals surface area contributed by atoms with Crippen LogP contribution < -0.4 is 5.73 Å². The highest BCUT2D eigenvalue weighted by molar-refractivity contribution is 7.14. The fourth-order valence-electron chi connectivity index (χ4n) is 2.83. The number of primary amides is 1. The van der Waals surface area contributed by atoms with Crippen LogP contribution in [0.3, 0.4) is 0 Å². The third kappa shape index (κ3) is 2.87. The van der Waals surface area contributed by atoms with Crippen molar-refractivity contribution in [3.8, 4) is 11.1 Å². The Morgan fingerprint density at radius 1 is 1.19 bits per heavy atom. The number of carbonyl (C=O) groups excluding carboxylic acids is 1. The van der Waals surface area contributed by atoms with E-state index >= 15 is 0 Å². The molecule has 0 aliphatic rings. The molecule has 0 radical (unpaired) electrons. The maximum absolute atomic E-state index is 11.8. The average molecular weight is 303 g/mol. The highest BCUT2D eigenvalue weighted by Crippen LogP contribution is 2.39. The van der Waals surface area contributed by atoms with Gasteiger partial charge in [0.25, 0.3) is 5.91 Å².